The van der Waals surface area contributed by atoms with Gasteiger partial charge in [0.1, 0.15) is 11.3 Å². The van der Waals surface area contributed by atoms with Gasteiger partial charge in [-0.2, -0.15) is 0 Å². The summed E-state index contributed by atoms with van der Waals surface area (Å²) in [5.74, 6) is -0.360. The number of benzene rings is 2. The molecule has 0 saturated carbocycles. The molecular formula is C26H23N3O6. The number of methoxy groups -OCH3 is 2. The highest BCUT2D eigenvalue weighted by Crippen LogP contribution is 2.23. The van der Waals surface area contributed by atoms with Crippen LogP contribution < -0.4 is 15.6 Å². The number of ether oxygens (including phenoxy) is 2. The Labute approximate surface area is 200 Å². The highest BCUT2D eigenvalue weighted by molar-refractivity contribution is 6.06. The number of carbonyl (C=O) groups excluding carboxylic acids is 2. The van der Waals surface area contributed by atoms with Crippen LogP contribution in [0.3, 0.4) is 0 Å². The third-order valence-electron chi connectivity index (χ3n) is 5.31. The molecule has 35 heavy (non-hydrogen) atoms. The van der Waals surface area contributed by atoms with Gasteiger partial charge in [-0.05, 0) is 49.4 Å². The Bertz CT molecular complexity index is 1480. The molecule has 2 aromatic carbocycles. The average Bonchev–Trinajstić information content (AvgIpc) is 2.89. The Morgan fingerprint density at radius 1 is 1.11 bits per heavy atom. The first-order valence-corrected chi connectivity index (χ1v) is 10.6. The van der Waals surface area contributed by atoms with Crippen molar-refractivity contribution >= 4 is 34.2 Å². The number of pyridine rings is 1. The molecule has 1 amide bonds. The lowest BCUT2D eigenvalue weighted by Gasteiger charge is -2.10. The summed E-state index contributed by atoms with van der Waals surface area (Å²) >= 11 is 0. The summed E-state index contributed by atoms with van der Waals surface area (Å²) in [4.78, 5) is 33.8. The molecule has 4 rings (SSSR count). The molecule has 0 fully saturated rings. The fourth-order valence-corrected chi connectivity index (χ4v) is 3.46. The Hall–Kier alpha value is -4.50. The van der Waals surface area contributed by atoms with E-state index in [9.17, 15) is 14.7 Å². The van der Waals surface area contributed by atoms with Crippen molar-refractivity contribution in [1.82, 2.24) is 4.98 Å². The lowest BCUT2D eigenvalue weighted by Crippen LogP contribution is -2.22. The normalized spacial score (nSPS) is 11.4. The SMILES string of the molecule is COC(=O)c1ccc(NC(=O)c2cc3c(CO)cnc(C)c3oc2=Nc2cccc(OC)c2)cc1. The van der Waals surface area contributed by atoms with Crippen LogP contribution in [-0.4, -0.2) is 36.2 Å². The highest BCUT2D eigenvalue weighted by atomic mass is 16.5. The molecular weight excluding hydrogens is 450 g/mol. The minimum absolute atomic E-state index is 0.0643. The molecule has 0 unspecified atom stereocenters. The van der Waals surface area contributed by atoms with E-state index in [4.69, 9.17) is 13.9 Å². The Morgan fingerprint density at radius 2 is 1.89 bits per heavy atom. The van der Waals surface area contributed by atoms with Crippen molar-refractivity contribution in [2.75, 3.05) is 19.5 Å². The number of carbonyl (C=O) groups is 2. The third-order valence-corrected chi connectivity index (χ3v) is 5.31. The zero-order chi connectivity index (χ0) is 24.9. The van der Waals surface area contributed by atoms with Crippen molar-refractivity contribution in [3.8, 4) is 5.75 Å². The Morgan fingerprint density at radius 3 is 2.57 bits per heavy atom. The molecule has 9 nitrogen and oxygen atoms in total. The number of anilines is 1. The lowest BCUT2D eigenvalue weighted by molar-refractivity contribution is 0.0600. The maximum Gasteiger partial charge on any atom is 0.337 e. The zero-order valence-electron chi connectivity index (χ0n) is 19.4. The van der Waals surface area contributed by atoms with Gasteiger partial charge in [-0.25, -0.2) is 9.79 Å². The summed E-state index contributed by atoms with van der Waals surface area (Å²) in [6.45, 7) is 1.49. The van der Waals surface area contributed by atoms with Gasteiger partial charge in [0, 0.05) is 28.9 Å². The molecule has 0 saturated heterocycles. The summed E-state index contributed by atoms with van der Waals surface area (Å²) < 4.78 is 16.0. The molecule has 0 aliphatic carbocycles. The molecule has 9 heteroatoms. The second kappa shape index (κ2) is 10.2. The van der Waals surface area contributed by atoms with Gasteiger partial charge in [0.15, 0.2) is 5.58 Å². The molecule has 0 bridgehead atoms. The van der Waals surface area contributed by atoms with E-state index in [0.29, 0.717) is 44.9 Å². The maximum absolute atomic E-state index is 13.3. The first-order chi connectivity index (χ1) is 16.9. The average molecular weight is 473 g/mol. The minimum atomic E-state index is -0.485. The van der Waals surface area contributed by atoms with Crippen LogP contribution in [0, 0.1) is 6.92 Å². The second-order valence-electron chi connectivity index (χ2n) is 7.57. The number of aromatic nitrogens is 1. The number of aliphatic hydroxyl groups is 1. The van der Waals surface area contributed by atoms with Crippen LogP contribution in [0.4, 0.5) is 11.4 Å². The number of hydrogen-bond donors (Lipinski definition) is 2. The van der Waals surface area contributed by atoms with Crippen molar-refractivity contribution in [1.29, 1.82) is 0 Å². The van der Waals surface area contributed by atoms with Crippen molar-refractivity contribution in [2.24, 2.45) is 4.99 Å². The topological polar surface area (TPSA) is 123 Å². The summed E-state index contributed by atoms with van der Waals surface area (Å²) in [5, 5.41) is 13.1. The minimum Gasteiger partial charge on any atom is -0.497 e. The van der Waals surface area contributed by atoms with Gasteiger partial charge in [-0.1, -0.05) is 6.07 Å². The van der Waals surface area contributed by atoms with Crippen LogP contribution in [0.2, 0.25) is 0 Å². The number of nitrogens with zero attached hydrogens (tertiary/aromatic N) is 2. The van der Waals surface area contributed by atoms with Gasteiger partial charge in [-0.3, -0.25) is 9.78 Å². The largest absolute Gasteiger partial charge is 0.497 e. The van der Waals surface area contributed by atoms with Crippen LogP contribution in [0.25, 0.3) is 11.0 Å². The van der Waals surface area contributed by atoms with E-state index < -0.39 is 11.9 Å². The second-order valence-corrected chi connectivity index (χ2v) is 7.57. The van der Waals surface area contributed by atoms with Gasteiger partial charge in [0.2, 0.25) is 5.55 Å². The van der Waals surface area contributed by atoms with Gasteiger partial charge in [0.05, 0.1) is 37.8 Å². The third kappa shape index (κ3) is 5.04. The van der Waals surface area contributed by atoms with Crippen molar-refractivity contribution in [2.45, 2.75) is 13.5 Å². The maximum atomic E-state index is 13.3. The molecule has 0 aliphatic heterocycles. The van der Waals surface area contributed by atoms with E-state index in [2.05, 4.69) is 15.3 Å². The highest BCUT2D eigenvalue weighted by Gasteiger charge is 2.17. The molecule has 0 atom stereocenters. The number of aliphatic hydroxyl groups excluding tert-OH is 1. The number of amides is 1. The monoisotopic (exact) mass is 473 g/mol. The smallest absolute Gasteiger partial charge is 0.337 e. The van der Waals surface area contributed by atoms with Gasteiger partial charge in [-0.15, -0.1) is 0 Å². The van der Waals surface area contributed by atoms with E-state index in [1.165, 1.54) is 7.11 Å². The quantitative estimate of drug-likeness (QED) is 0.407. The standard InChI is InChI=1S/C26H23N3O6/c1-15-23-21(17(14-30)13-27-15)12-22(25(35-23)29-19-5-4-6-20(11-19)33-2)24(31)28-18-9-7-16(8-10-18)26(32)34-3/h4-13,30H,14H2,1-3H3,(H,28,31). The molecule has 0 aliphatic rings. The van der Waals surface area contributed by atoms with E-state index in [1.54, 1.807) is 74.8 Å². The first-order valence-electron chi connectivity index (χ1n) is 10.6. The van der Waals surface area contributed by atoms with Gasteiger partial charge in [0.25, 0.3) is 5.91 Å². The Balaban J connectivity index is 1.84. The number of fused-ring (bicyclic) bond motifs is 1. The van der Waals surface area contributed by atoms with E-state index in [0.717, 1.165) is 0 Å². The molecule has 0 spiro atoms. The lowest BCUT2D eigenvalue weighted by atomic mass is 10.1. The van der Waals surface area contributed by atoms with Crippen LogP contribution in [-0.2, 0) is 11.3 Å². The van der Waals surface area contributed by atoms with Gasteiger partial charge < -0.3 is 24.3 Å². The van der Waals surface area contributed by atoms with E-state index in [-0.39, 0.29) is 17.7 Å². The molecule has 2 aromatic heterocycles. The summed E-state index contributed by atoms with van der Waals surface area (Å²) in [7, 11) is 2.85. The predicted octanol–water partition coefficient (Wildman–Crippen LogP) is 3.91. The fourth-order valence-electron chi connectivity index (χ4n) is 3.46. The van der Waals surface area contributed by atoms with E-state index >= 15 is 0 Å². The number of hydrogen-bond acceptors (Lipinski definition) is 8. The zero-order valence-corrected chi connectivity index (χ0v) is 19.4. The van der Waals surface area contributed by atoms with Crippen LogP contribution >= 0.6 is 0 Å². The summed E-state index contributed by atoms with van der Waals surface area (Å²) in [6.07, 6.45) is 1.54. The summed E-state index contributed by atoms with van der Waals surface area (Å²) in [6, 6.07) is 14.9. The number of esters is 1. The van der Waals surface area contributed by atoms with Crippen molar-refractivity contribution in [3.05, 3.63) is 88.7 Å². The first kappa shape index (κ1) is 23.7. The summed E-state index contributed by atoms with van der Waals surface area (Å²) in [5.41, 5.74) is 3.07. The number of aryl methyl sites for hydroxylation is 1. The molecule has 2 heterocycles. The molecule has 2 N–H and O–H groups in total. The van der Waals surface area contributed by atoms with Crippen LogP contribution in [0.5, 0.6) is 5.75 Å². The number of rotatable bonds is 6. The van der Waals surface area contributed by atoms with Crippen molar-refractivity contribution in [3.63, 3.8) is 0 Å². The predicted molar refractivity (Wildman–Crippen MR) is 129 cm³/mol. The fraction of sp³-hybridized carbons (Fsp3) is 0.154. The Kier molecular flexibility index (Phi) is 6.88. The van der Waals surface area contributed by atoms with Crippen LogP contribution in [0.1, 0.15) is 32.0 Å². The van der Waals surface area contributed by atoms with E-state index in [1.807, 2.05) is 0 Å². The number of nitrogens with one attached hydrogen (secondary N) is 1. The van der Waals surface area contributed by atoms with Crippen molar-refractivity contribution < 1.29 is 28.6 Å². The molecule has 178 valence electrons. The van der Waals surface area contributed by atoms with Gasteiger partial charge >= 0.3 is 5.97 Å². The van der Waals surface area contributed by atoms with Crippen LogP contribution in [0.15, 0.2) is 70.2 Å². The molecule has 4 aromatic rings. The molecule has 0 radical (unpaired) electrons.